The summed E-state index contributed by atoms with van der Waals surface area (Å²) in [6, 6.07) is 4.09. The van der Waals surface area contributed by atoms with Gasteiger partial charge in [0, 0.05) is 12.6 Å². The van der Waals surface area contributed by atoms with E-state index in [2.05, 4.69) is 29.3 Å². The van der Waals surface area contributed by atoms with Crippen LogP contribution in [0.2, 0.25) is 0 Å². The smallest absolute Gasteiger partial charge is 0.300 e. The Morgan fingerprint density at radius 2 is 2.37 bits per heavy atom. The number of likely N-dealkylation sites (N-methyl/N-ethyl adjacent to an activating group) is 1. The zero-order chi connectivity index (χ0) is 13.8. The van der Waals surface area contributed by atoms with Gasteiger partial charge in [0.15, 0.2) is 5.76 Å². The minimum atomic E-state index is -0.393. The normalized spacial score (nSPS) is 20.7. The maximum absolute atomic E-state index is 11.3. The van der Waals surface area contributed by atoms with E-state index < -0.39 is 5.91 Å². The van der Waals surface area contributed by atoms with Crippen molar-refractivity contribution in [2.24, 2.45) is 5.84 Å². The molecule has 6 nitrogen and oxygen atoms in total. The van der Waals surface area contributed by atoms with E-state index in [-0.39, 0.29) is 5.76 Å². The monoisotopic (exact) mass is 266 g/mol. The minimum absolute atomic E-state index is 0.263. The van der Waals surface area contributed by atoms with Crippen LogP contribution >= 0.6 is 0 Å². The van der Waals surface area contributed by atoms with Crippen LogP contribution in [-0.4, -0.2) is 48.9 Å². The van der Waals surface area contributed by atoms with Crippen molar-refractivity contribution in [2.45, 2.75) is 25.4 Å². The highest BCUT2D eigenvalue weighted by molar-refractivity contribution is 5.90. The van der Waals surface area contributed by atoms with Crippen molar-refractivity contribution < 1.29 is 9.21 Å². The van der Waals surface area contributed by atoms with Gasteiger partial charge in [-0.2, -0.15) is 0 Å². The fraction of sp³-hybridized carbons (Fsp3) is 0.615. The molecule has 3 N–H and O–H groups in total. The molecule has 106 valence electrons. The second-order valence-corrected chi connectivity index (χ2v) is 5.23. The minimum Gasteiger partial charge on any atom is -0.455 e. The molecule has 1 fully saturated rings. The van der Waals surface area contributed by atoms with Crippen LogP contribution < -0.4 is 11.3 Å². The van der Waals surface area contributed by atoms with Crippen molar-refractivity contribution in [3.63, 3.8) is 0 Å². The summed E-state index contributed by atoms with van der Waals surface area (Å²) in [6.45, 7) is 2.85. The summed E-state index contributed by atoms with van der Waals surface area (Å²) in [7, 11) is 4.23. The fourth-order valence-corrected chi connectivity index (χ4v) is 2.47. The summed E-state index contributed by atoms with van der Waals surface area (Å²) in [6.07, 6.45) is 2.43. The quantitative estimate of drug-likeness (QED) is 0.469. The molecule has 1 amide bonds. The molecule has 1 atom stereocenters. The molecule has 0 spiro atoms. The number of carbonyl (C=O) groups excluding carboxylic acids is 1. The molecule has 19 heavy (non-hydrogen) atoms. The van der Waals surface area contributed by atoms with Gasteiger partial charge >= 0.3 is 5.91 Å². The maximum atomic E-state index is 11.3. The zero-order valence-electron chi connectivity index (χ0n) is 11.6. The number of hydrazine groups is 1. The fourth-order valence-electron chi connectivity index (χ4n) is 2.47. The van der Waals surface area contributed by atoms with Gasteiger partial charge in [-0.1, -0.05) is 0 Å². The number of piperidine rings is 1. The van der Waals surface area contributed by atoms with Crippen molar-refractivity contribution in [1.82, 2.24) is 15.2 Å². The van der Waals surface area contributed by atoms with Gasteiger partial charge in [-0.15, -0.1) is 0 Å². The van der Waals surface area contributed by atoms with Crippen LogP contribution in [0.5, 0.6) is 0 Å². The zero-order valence-corrected chi connectivity index (χ0v) is 11.6. The van der Waals surface area contributed by atoms with E-state index in [4.69, 9.17) is 10.3 Å². The molecular formula is C13H22N4O2. The summed E-state index contributed by atoms with van der Waals surface area (Å²) >= 11 is 0. The van der Waals surface area contributed by atoms with Crippen molar-refractivity contribution in [3.05, 3.63) is 23.7 Å². The molecule has 1 aromatic heterocycles. The number of carbonyl (C=O) groups is 1. The van der Waals surface area contributed by atoms with Crippen LogP contribution in [0.1, 0.15) is 29.2 Å². The number of hydrogen-bond acceptors (Lipinski definition) is 5. The number of hydrogen-bond donors (Lipinski definition) is 2. The van der Waals surface area contributed by atoms with Crippen LogP contribution in [0, 0.1) is 0 Å². The average molecular weight is 266 g/mol. The molecule has 0 aliphatic carbocycles. The van der Waals surface area contributed by atoms with Gasteiger partial charge in [-0.05, 0) is 45.6 Å². The molecule has 1 aliphatic heterocycles. The van der Waals surface area contributed by atoms with Gasteiger partial charge in [-0.3, -0.25) is 15.1 Å². The second-order valence-electron chi connectivity index (χ2n) is 5.23. The molecule has 1 unspecified atom stereocenters. The highest BCUT2D eigenvalue weighted by Gasteiger charge is 2.22. The van der Waals surface area contributed by atoms with Crippen LogP contribution in [0.3, 0.4) is 0 Å². The molecule has 0 bridgehead atoms. The lowest BCUT2D eigenvalue weighted by atomic mass is 10.0. The molecule has 0 saturated carbocycles. The number of nitrogens with one attached hydrogen (secondary N) is 1. The van der Waals surface area contributed by atoms with Crippen LogP contribution in [-0.2, 0) is 6.54 Å². The Morgan fingerprint density at radius 3 is 3.05 bits per heavy atom. The summed E-state index contributed by atoms with van der Waals surface area (Å²) in [5.74, 6) is 5.75. The third-order valence-electron chi connectivity index (χ3n) is 3.61. The Balaban J connectivity index is 1.93. The topological polar surface area (TPSA) is 74.7 Å². The molecule has 1 aliphatic rings. The lowest BCUT2D eigenvalue weighted by Crippen LogP contribution is -2.44. The first-order valence-corrected chi connectivity index (χ1v) is 6.58. The van der Waals surface area contributed by atoms with E-state index >= 15 is 0 Å². The first kappa shape index (κ1) is 14.0. The Kier molecular flexibility index (Phi) is 4.57. The van der Waals surface area contributed by atoms with Crippen LogP contribution in [0.15, 0.2) is 16.5 Å². The Morgan fingerprint density at radius 1 is 1.58 bits per heavy atom. The number of nitrogens with zero attached hydrogens (tertiary/aromatic N) is 2. The standard InChI is InChI=1S/C13H22N4O2/c1-16(2)10-4-3-7-17(8-10)9-11-5-6-12(19-11)13(18)15-14/h5-6,10H,3-4,7-9,14H2,1-2H3,(H,15,18). The third kappa shape index (κ3) is 3.56. The predicted octanol–water partition coefficient (Wildman–Crippen LogP) is 0.409. The van der Waals surface area contributed by atoms with Gasteiger partial charge in [0.25, 0.3) is 0 Å². The van der Waals surface area contributed by atoms with Gasteiger partial charge in [0.05, 0.1) is 6.54 Å². The number of likely N-dealkylation sites (tertiary alicyclic amines) is 1. The van der Waals surface area contributed by atoms with Crippen molar-refractivity contribution in [2.75, 3.05) is 27.2 Å². The van der Waals surface area contributed by atoms with Crippen LogP contribution in [0.4, 0.5) is 0 Å². The maximum Gasteiger partial charge on any atom is 0.300 e. The van der Waals surface area contributed by atoms with Gasteiger partial charge < -0.3 is 9.32 Å². The molecule has 6 heteroatoms. The summed E-state index contributed by atoms with van der Waals surface area (Å²) in [5.41, 5.74) is 2.07. The Bertz CT molecular complexity index is 430. The van der Waals surface area contributed by atoms with E-state index in [0.717, 1.165) is 25.4 Å². The molecule has 1 saturated heterocycles. The molecule has 2 heterocycles. The van der Waals surface area contributed by atoms with Gasteiger partial charge in [-0.25, -0.2) is 5.84 Å². The van der Waals surface area contributed by atoms with E-state index in [0.29, 0.717) is 6.04 Å². The molecule has 0 aromatic carbocycles. The summed E-state index contributed by atoms with van der Waals surface area (Å²) < 4.78 is 5.49. The van der Waals surface area contributed by atoms with E-state index in [1.54, 1.807) is 6.07 Å². The lowest BCUT2D eigenvalue weighted by molar-refractivity contribution is 0.0916. The second kappa shape index (κ2) is 6.18. The average Bonchev–Trinajstić information content (AvgIpc) is 2.86. The van der Waals surface area contributed by atoms with Gasteiger partial charge in [0.1, 0.15) is 5.76 Å². The van der Waals surface area contributed by atoms with Crippen molar-refractivity contribution in [1.29, 1.82) is 0 Å². The largest absolute Gasteiger partial charge is 0.455 e. The van der Waals surface area contributed by atoms with Crippen molar-refractivity contribution >= 4 is 5.91 Å². The number of nitrogen functional groups attached to an aromatic ring is 1. The molecule has 1 aromatic rings. The van der Waals surface area contributed by atoms with E-state index in [1.165, 1.54) is 12.8 Å². The lowest BCUT2D eigenvalue weighted by Gasteiger charge is -2.35. The third-order valence-corrected chi connectivity index (χ3v) is 3.61. The van der Waals surface area contributed by atoms with E-state index in [9.17, 15) is 4.79 Å². The summed E-state index contributed by atoms with van der Waals surface area (Å²) in [5, 5.41) is 0. The number of amides is 1. The van der Waals surface area contributed by atoms with Crippen molar-refractivity contribution in [3.8, 4) is 0 Å². The molecule has 0 radical (unpaired) electrons. The van der Waals surface area contributed by atoms with Gasteiger partial charge in [0.2, 0.25) is 0 Å². The number of nitrogens with two attached hydrogens (primary N) is 1. The first-order valence-electron chi connectivity index (χ1n) is 6.58. The number of rotatable bonds is 4. The molecule has 2 rings (SSSR count). The SMILES string of the molecule is CN(C)C1CCCN(Cc2ccc(C(=O)NN)o2)C1. The highest BCUT2D eigenvalue weighted by Crippen LogP contribution is 2.17. The Hall–Kier alpha value is -1.37. The predicted molar refractivity (Wildman–Crippen MR) is 72.3 cm³/mol. The van der Waals surface area contributed by atoms with E-state index in [1.807, 2.05) is 6.07 Å². The Labute approximate surface area is 113 Å². The molecular weight excluding hydrogens is 244 g/mol. The summed E-state index contributed by atoms with van der Waals surface area (Å²) in [4.78, 5) is 15.9. The first-order chi connectivity index (χ1) is 9.10. The number of furan rings is 1. The van der Waals surface area contributed by atoms with Crippen LogP contribution in [0.25, 0.3) is 0 Å². The highest BCUT2D eigenvalue weighted by atomic mass is 16.4.